The fraction of sp³-hybridized carbons (Fsp3) is 0.571. The largest absolute Gasteiger partial charge is 0.497 e. The van der Waals surface area contributed by atoms with Crippen LogP contribution in [-0.4, -0.2) is 38.3 Å². The Bertz CT molecular complexity index is 328. The third-order valence-electron chi connectivity index (χ3n) is 2.96. The molecule has 0 aliphatic heterocycles. The molecule has 0 amide bonds. The molecule has 1 unspecified atom stereocenters. The van der Waals surface area contributed by atoms with E-state index in [1.165, 1.54) is 5.56 Å². The van der Waals surface area contributed by atoms with Crippen molar-refractivity contribution < 1.29 is 9.47 Å². The number of ether oxygens (including phenoxy) is 2. The van der Waals surface area contributed by atoms with Crippen LogP contribution in [0.4, 0.5) is 0 Å². The summed E-state index contributed by atoms with van der Waals surface area (Å²) in [5.41, 5.74) is 1.27. The van der Waals surface area contributed by atoms with E-state index in [2.05, 4.69) is 30.9 Å². The maximum atomic E-state index is 5.23. The van der Waals surface area contributed by atoms with Gasteiger partial charge in [0.1, 0.15) is 5.75 Å². The van der Waals surface area contributed by atoms with E-state index < -0.39 is 0 Å². The topological polar surface area (TPSA) is 21.7 Å². The van der Waals surface area contributed by atoms with Crippen molar-refractivity contribution in [3.8, 4) is 5.75 Å². The first-order valence-electron chi connectivity index (χ1n) is 6.07. The molecule has 0 radical (unpaired) electrons. The second-order valence-electron chi connectivity index (χ2n) is 4.22. The lowest BCUT2D eigenvalue weighted by Crippen LogP contribution is -2.35. The van der Waals surface area contributed by atoms with Gasteiger partial charge in [-0.2, -0.15) is 0 Å². The molecule has 3 nitrogen and oxygen atoms in total. The Morgan fingerprint density at radius 3 is 2.65 bits per heavy atom. The monoisotopic (exact) mass is 237 g/mol. The number of rotatable bonds is 7. The van der Waals surface area contributed by atoms with Gasteiger partial charge >= 0.3 is 0 Å². The average molecular weight is 237 g/mol. The Morgan fingerprint density at radius 2 is 2.06 bits per heavy atom. The molecule has 1 aromatic rings. The van der Waals surface area contributed by atoms with Crippen molar-refractivity contribution in [2.75, 3.05) is 27.4 Å². The summed E-state index contributed by atoms with van der Waals surface area (Å²) < 4.78 is 10.4. The van der Waals surface area contributed by atoms with Gasteiger partial charge in [-0.1, -0.05) is 19.1 Å². The highest BCUT2D eigenvalue weighted by Crippen LogP contribution is 2.15. The van der Waals surface area contributed by atoms with Crippen molar-refractivity contribution in [3.63, 3.8) is 0 Å². The Hall–Kier alpha value is -1.06. The third-order valence-corrected chi connectivity index (χ3v) is 2.96. The molecule has 96 valence electrons. The van der Waals surface area contributed by atoms with Gasteiger partial charge < -0.3 is 9.47 Å². The molecule has 0 spiro atoms. The fourth-order valence-corrected chi connectivity index (χ4v) is 1.93. The SMILES string of the molecule is CCN(Cc1cccc(OC)c1)C(C)COC. The normalized spacial score (nSPS) is 12.8. The van der Waals surface area contributed by atoms with Crippen LogP contribution in [0.1, 0.15) is 19.4 Å². The molecule has 1 atom stereocenters. The van der Waals surface area contributed by atoms with Crippen LogP contribution in [0.2, 0.25) is 0 Å². The molecular weight excluding hydrogens is 214 g/mol. The maximum absolute atomic E-state index is 5.23. The van der Waals surface area contributed by atoms with Crippen LogP contribution >= 0.6 is 0 Å². The van der Waals surface area contributed by atoms with E-state index in [0.717, 1.165) is 25.4 Å². The molecule has 1 aromatic carbocycles. The molecule has 0 aliphatic carbocycles. The van der Waals surface area contributed by atoms with Gasteiger partial charge in [0.05, 0.1) is 13.7 Å². The van der Waals surface area contributed by atoms with Crippen molar-refractivity contribution in [3.05, 3.63) is 29.8 Å². The summed E-state index contributed by atoms with van der Waals surface area (Å²) in [5, 5.41) is 0. The van der Waals surface area contributed by atoms with E-state index in [0.29, 0.717) is 6.04 Å². The number of nitrogens with zero attached hydrogens (tertiary/aromatic N) is 1. The molecule has 3 heteroatoms. The zero-order valence-corrected chi connectivity index (χ0v) is 11.3. The first-order chi connectivity index (χ1) is 8.21. The second-order valence-corrected chi connectivity index (χ2v) is 4.22. The van der Waals surface area contributed by atoms with Gasteiger partial charge in [-0.3, -0.25) is 4.90 Å². The highest BCUT2D eigenvalue weighted by molar-refractivity contribution is 5.28. The first-order valence-corrected chi connectivity index (χ1v) is 6.07. The third kappa shape index (κ3) is 4.36. The molecule has 0 aliphatic rings. The Kier molecular flexibility index (Phi) is 6.01. The maximum Gasteiger partial charge on any atom is 0.119 e. The minimum atomic E-state index is 0.427. The van der Waals surface area contributed by atoms with Crippen LogP contribution in [-0.2, 0) is 11.3 Å². The zero-order valence-electron chi connectivity index (χ0n) is 11.3. The van der Waals surface area contributed by atoms with E-state index in [1.54, 1.807) is 14.2 Å². The smallest absolute Gasteiger partial charge is 0.119 e. The lowest BCUT2D eigenvalue weighted by atomic mass is 10.1. The number of hydrogen-bond acceptors (Lipinski definition) is 3. The van der Waals surface area contributed by atoms with Gasteiger partial charge in [0.25, 0.3) is 0 Å². The molecule has 0 saturated heterocycles. The summed E-state index contributed by atoms with van der Waals surface area (Å²) in [6.45, 7) is 7.07. The Labute approximate surface area is 104 Å². The van der Waals surface area contributed by atoms with Gasteiger partial charge in [0.2, 0.25) is 0 Å². The predicted molar refractivity (Wildman–Crippen MR) is 70.4 cm³/mol. The van der Waals surface area contributed by atoms with E-state index in [-0.39, 0.29) is 0 Å². The molecule has 1 rings (SSSR count). The van der Waals surface area contributed by atoms with Crippen LogP contribution in [0.25, 0.3) is 0 Å². The quantitative estimate of drug-likeness (QED) is 0.727. The molecule has 17 heavy (non-hydrogen) atoms. The summed E-state index contributed by atoms with van der Waals surface area (Å²) in [6.07, 6.45) is 0. The molecule has 0 fully saturated rings. The predicted octanol–water partition coefficient (Wildman–Crippen LogP) is 2.55. The summed E-state index contributed by atoms with van der Waals surface area (Å²) >= 11 is 0. The van der Waals surface area contributed by atoms with Gasteiger partial charge in [0, 0.05) is 19.7 Å². The van der Waals surface area contributed by atoms with Crippen molar-refractivity contribution in [2.45, 2.75) is 26.4 Å². The Balaban J connectivity index is 2.66. The van der Waals surface area contributed by atoms with Crippen LogP contribution < -0.4 is 4.74 Å². The van der Waals surface area contributed by atoms with Crippen molar-refractivity contribution in [1.29, 1.82) is 0 Å². The van der Waals surface area contributed by atoms with E-state index in [1.807, 2.05) is 12.1 Å². The summed E-state index contributed by atoms with van der Waals surface area (Å²) in [6, 6.07) is 8.64. The van der Waals surface area contributed by atoms with Gasteiger partial charge in [-0.05, 0) is 31.2 Å². The van der Waals surface area contributed by atoms with E-state index in [9.17, 15) is 0 Å². The van der Waals surface area contributed by atoms with Crippen molar-refractivity contribution in [2.24, 2.45) is 0 Å². The highest BCUT2D eigenvalue weighted by atomic mass is 16.5. The van der Waals surface area contributed by atoms with Crippen LogP contribution in [0.15, 0.2) is 24.3 Å². The molecule has 0 bridgehead atoms. The molecule has 0 N–H and O–H groups in total. The number of benzene rings is 1. The second kappa shape index (κ2) is 7.30. The minimum Gasteiger partial charge on any atom is -0.497 e. The summed E-state index contributed by atoms with van der Waals surface area (Å²) in [5.74, 6) is 0.915. The van der Waals surface area contributed by atoms with Crippen LogP contribution in [0, 0.1) is 0 Å². The van der Waals surface area contributed by atoms with Crippen molar-refractivity contribution >= 4 is 0 Å². The Morgan fingerprint density at radius 1 is 1.29 bits per heavy atom. The van der Waals surface area contributed by atoms with Crippen LogP contribution in [0.3, 0.4) is 0 Å². The number of methoxy groups -OCH3 is 2. The molecule has 0 aromatic heterocycles. The van der Waals surface area contributed by atoms with E-state index >= 15 is 0 Å². The van der Waals surface area contributed by atoms with Gasteiger partial charge in [-0.25, -0.2) is 0 Å². The summed E-state index contributed by atoms with van der Waals surface area (Å²) in [4.78, 5) is 2.39. The van der Waals surface area contributed by atoms with E-state index in [4.69, 9.17) is 9.47 Å². The van der Waals surface area contributed by atoms with Crippen molar-refractivity contribution in [1.82, 2.24) is 4.90 Å². The molecular formula is C14H23NO2. The molecule has 0 saturated carbocycles. The summed E-state index contributed by atoms with van der Waals surface area (Å²) in [7, 11) is 3.44. The molecule has 0 heterocycles. The first kappa shape index (κ1) is 14.0. The minimum absolute atomic E-state index is 0.427. The van der Waals surface area contributed by atoms with Gasteiger partial charge in [-0.15, -0.1) is 0 Å². The average Bonchev–Trinajstić information content (AvgIpc) is 2.36. The number of likely N-dealkylation sites (N-methyl/N-ethyl adjacent to an activating group) is 1. The number of hydrogen-bond donors (Lipinski definition) is 0. The lowest BCUT2D eigenvalue weighted by molar-refractivity contribution is 0.0981. The highest BCUT2D eigenvalue weighted by Gasteiger charge is 2.12. The lowest BCUT2D eigenvalue weighted by Gasteiger charge is -2.27. The zero-order chi connectivity index (χ0) is 12.7. The van der Waals surface area contributed by atoms with Gasteiger partial charge in [0.15, 0.2) is 0 Å². The van der Waals surface area contributed by atoms with Crippen LogP contribution in [0.5, 0.6) is 5.75 Å². The standard InChI is InChI=1S/C14H23NO2/c1-5-15(12(2)11-16-3)10-13-7-6-8-14(9-13)17-4/h6-9,12H,5,10-11H2,1-4H3. The fourth-order valence-electron chi connectivity index (χ4n) is 1.93.